The molecule has 1 aromatic rings. The van der Waals surface area contributed by atoms with Gasteiger partial charge in [-0.2, -0.15) is 4.98 Å². The fraction of sp³-hybridized carbons (Fsp3) is 0.667. The van der Waals surface area contributed by atoms with Gasteiger partial charge in [-0.25, -0.2) is 4.98 Å². The van der Waals surface area contributed by atoms with Crippen molar-refractivity contribution in [1.82, 2.24) is 9.97 Å². The molecule has 16 heavy (non-hydrogen) atoms. The van der Waals surface area contributed by atoms with Gasteiger partial charge in [0.15, 0.2) is 0 Å². The van der Waals surface area contributed by atoms with E-state index >= 15 is 0 Å². The van der Waals surface area contributed by atoms with Gasteiger partial charge in [0.1, 0.15) is 5.82 Å². The lowest BCUT2D eigenvalue weighted by Crippen LogP contribution is -2.22. The van der Waals surface area contributed by atoms with Crippen LogP contribution in [0.2, 0.25) is 0 Å². The number of aryl methyl sites for hydroxylation is 1. The number of nitrogens with one attached hydrogen (secondary N) is 1. The van der Waals surface area contributed by atoms with E-state index in [0.717, 1.165) is 30.3 Å². The van der Waals surface area contributed by atoms with Gasteiger partial charge in [-0.1, -0.05) is 6.92 Å². The van der Waals surface area contributed by atoms with Gasteiger partial charge in [-0.15, -0.1) is 0 Å². The summed E-state index contributed by atoms with van der Waals surface area (Å²) in [6.45, 7) is 5.13. The van der Waals surface area contributed by atoms with Gasteiger partial charge in [0.05, 0.1) is 0 Å². The first kappa shape index (κ1) is 11.2. The lowest BCUT2D eigenvalue weighted by atomic mass is 10.3. The summed E-state index contributed by atoms with van der Waals surface area (Å²) in [6, 6.07) is 0.688. The SMILES string of the molecule is CCCNc1ncc(C)c(N(C)C2CC2)n1. The molecule has 1 heterocycles. The van der Waals surface area contributed by atoms with Crippen molar-refractivity contribution in [2.45, 2.75) is 39.2 Å². The minimum Gasteiger partial charge on any atom is -0.356 e. The molecule has 1 aromatic heterocycles. The van der Waals surface area contributed by atoms with Crippen molar-refractivity contribution < 1.29 is 0 Å². The van der Waals surface area contributed by atoms with Crippen molar-refractivity contribution in [3.05, 3.63) is 11.8 Å². The van der Waals surface area contributed by atoms with E-state index in [0.29, 0.717) is 6.04 Å². The minimum atomic E-state index is 0.688. The van der Waals surface area contributed by atoms with Crippen LogP contribution in [0, 0.1) is 6.92 Å². The fourth-order valence-corrected chi connectivity index (χ4v) is 1.75. The normalized spacial score (nSPS) is 14.9. The van der Waals surface area contributed by atoms with Crippen LogP contribution in [0.4, 0.5) is 11.8 Å². The van der Waals surface area contributed by atoms with E-state index in [4.69, 9.17) is 0 Å². The van der Waals surface area contributed by atoms with Crippen LogP contribution in [-0.2, 0) is 0 Å². The average molecular weight is 220 g/mol. The molecule has 4 heteroatoms. The summed E-state index contributed by atoms with van der Waals surface area (Å²) in [7, 11) is 2.12. The number of hydrogen-bond donors (Lipinski definition) is 1. The molecule has 1 aliphatic rings. The van der Waals surface area contributed by atoms with E-state index in [-0.39, 0.29) is 0 Å². The molecule has 0 spiro atoms. The molecule has 2 rings (SSSR count). The van der Waals surface area contributed by atoms with Crippen LogP contribution in [0.25, 0.3) is 0 Å². The zero-order valence-corrected chi connectivity index (χ0v) is 10.3. The summed E-state index contributed by atoms with van der Waals surface area (Å²) < 4.78 is 0. The molecular formula is C12H20N4. The summed E-state index contributed by atoms with van der Waals surface area (Å²) in [6.07, 6.45) is 5.57. The molecule has 4 nitrogen and oxygen atoms in total. The Hall–Kier alpha value is -1.32. The average Bonchev–Trinajstić information content (AvgIpc) is 3.11. The van der Waals surface area contributed by atoms with Crippen LogP contribution >= 0.6 is 0 Å². The summed E-state index contributed by atoms with van der Waals surface area (Å²) in [4.78, 5) is 11.1. The van der Waals surface area contributed by atoms with Crippen molar-refractivity contribution >= 4 is 11.8 Å². The van der Waals surface area contributed by atoms with E-state index in [1.54, 1.807) is 0 Å². The first-order valence-electron chi connectivity index (χ1n) is 6.02. The second-order valence-electron chi connectivity index (χ2n) is 4.47. The second kappa shape index (κ2) is 4.68. The van der Waals surface area contributed by atoms with Crippen LogP contribution in [0.15, 0.2) is 6.20 Å². The molecule has 1 aliphatic carbocycles. The van der Waals surface area contributed by atoms with Crippen molar-refractivity contribution in [2.75, 3.05) is 23.8 Å². The number of nitrogens with zero attached hydrogens (tertiary/aromatic N) is 3. The van der Waals surface area contributed by atoms with Crippen LogP contribution in [-0.4, -0.2) is 29.6 Å². The third-order valence-electron chi connectivity index (χ3n) is 2.91. The number of hydrogen-bond acceptors (Lipinski definition) is 4. The van der Waals surface area contributed by atoms with Gasteiger partial charge < -0.3 is 10.2 Å². The third-order valence-corrected chi connectivity index (χ3v) is 2.91. The van der Waals surface area contributed by atoms with E-state index < -0.39 is 0 Å². The minimum absolute atomic E-state index is 0.688. The highest BCUT2D eigenvalue weighted by molar-refractivity contribution is 5.50. The van der Waals surface area contributed by atoms with Gasteiger partial charge in [-0.3, -0.25) is 0 Å². The van der Waals surface area contributed by atoms with E-state index in [1.807, 2.05) is 6.20 Å². The van der Waals surface area contributed by atoms with Crippen LogP contribution in [0.3, 0.4) is 0 Å². The molecule has 1 fully saturated rings. The number of aromatic nitrogens is 2. The zero-order chi connectivity index (χ0) is 11.5. The van der Waals surface area contributed by atoms with Gasteiger partial charge in [-0.05, 0) is 26.2 Å². The Morgan fingerprint density at radius 2 is 2.25 bits per heavy atom. The summed E-state index contributed by atoms with van der Waals surface area (Å²) in [5, 5.41) is 3.23. The molecule has 0 aromatic carbocycles. The first-order valence-corrected chi connectivity index (χ1v) is 6.02. The lowest BCUT2D eigenvalue weighted by Gasteiger charge is -2.20. The number of rotatable bonds is 5. The van der Waals surface area contributed by atoms with Crippen molar-refractivity contribution in [1.29, 1.82) is 0 Å². The van der Waals surface area contributed by atoms with Crippen molar-refractivity contribution in [3.63, 3.8) is 0 Å². The smallest absolute Gasteiger partial charge is 0.224 e. The Labute approximate surface area is 97.1 Å². The highest BCUT2D eigenvalue weighted by Gasteiger charge is 2.28. The van der Waals surface area contributed by atoms with Gasteiger partial charge in [0, 0.05) is 31.4 Å². The number of anilines is 2. The van der Waals surface area contributed by atoms with Crippen LogP contribution < -0.4 is 10.2 Å². The molecule has 0 atom stereocenters. The van der Waals surface area contributed by atoms with Crippen molar-refractivity contribution in [2.24, 2.45) is 0 Å². The van der Waals surface area contributed by atoms with E-state index in [1.165, 1.54) is 12.8 Å². The van der Waals surface area contributed by atoms with Crippen molar-refractivity contribution in [3.8, 4) is 0 Å². The maximum Gasteiger partial charge on any atom is 0.224 e. The van der Waals surface area contributed by atoms with Crippen LogP contribution in [0.5, 0.6) is 0 Å². The molecule has 88 valence electrons. The second-order valence-corrected chi connectivity index (χ2v) is 4.47. The topological polar surface area (TPSA) is 41.1 Å². The summed E-state index contributed by atoms with van der Waals surface area (Å²) >= 11 is 0. The quantitative estimate of drug-likeness (QED) is 0.826. The van der Waals surface area contributed by atoms with Crippen LogP contribution in [0.1, 0.15) is 31.7 Å². The van der Waals surface area contributed by atoms with Gasteiger partial charge in [0.25, 0.3) is 0 Å². The highest BCUT2D eigenvalue weighted by Crippen LogP contribution is 2.30. The summed E-state index contributed by atoms with van der Waals surface area (Å²) in [5.74, 6) is 1.81. The lowest BCUT2D eigenvalue weighted by molar-refractivity contribution is 0.871. The van der Waals surface area contributed by atoms with Gasteiger partial charge in [0.2, 0.25) is 5.95 Å². The van der Waals surface area contributed by atoms with Gasteiger partial charge >= 0.3 is 0 Å². The summed E-state index contributed by atoms with van der Waals surface area (Å²) in [5.41, 5.74) is 1.15. The molecule has 0 saturated heterocycles. The standard InChI is InChI=1S/C12H20N4/c1-4-7-13-12-14-8-9(2)11(15-12)16(3)10-5-6-10/h8,10H,4-7H2,1-3H3,(H,13,14,15). The predicted molar refractivity (Wildman–Crippen MR) is 67.0 cm³/mol. The Bertz CT molecular complexity index is 360. The van der Waals surface area contributed by atoms with E-state index in [2.05, 4.69) is 41.1 Å². The predicted octanol–water partition coefficient (Wildman–Crippen LogP) is 2.21. The molecule has 1 saturated carbocycles. The maximum absolute atomic E-state index is 4.57. The monoisotopic (exact) mass is 220 g/mol. The highest BCUT2D eigenvalue weighted by atomic mass is 15.2. The first-order chi connectivity index (χ1) is 7.72. The molecule has 0 bridgehead atoms. The fourth-order valence-electron chi connectivity index (χ4n) is 1.75. The molecule has 0 radical (unpaired) electrons. The third kappa shape index (κ3) is 2.43. The maximum atomic E-state index is 4.57. The Morgan fingerprint density at radius 1 is 1.50 bits per heavy atom. The Kier molecular flexibility index (Phi) is 3.27. The Balaban J connectivity index is 2.14. The molecule has 0 amide bonds. The molecule has 1 N–H and O–H groups in total. The zero-order valence-electron chi connectivity index (χ0n) is 10.3. The Morgan fingerprint density at radius 3 is 2.88 bits per heavy atom. The largest absolute Gasteiger partial charge is 0.356 e. The molecule has 0 unspecified atom stereocenters. The van der Waals surface area contributed by atoms with E-state index in [9.17, 15) is 0 Å². The molecule has 0 aliphatic heterocycles. The molecular weight excluding hydrogens is 200 g/mol.